The Bertz CT molecular complexity index is 1130. The van der Waals surface area contributed by atoms with E-state index in [1.807, 2.05) is 54.6 Å². The van der Waals surface area contributed by atoms with Crippen molar-refractivity contribution in [3.63, 3.8) is 0 Å². The number of nitrogens with one attached hydrogen (secondary N) is 1. The van der Waals surface area contributed by atoms with Crippen LogP contribution in [0.5, 0.6) is 0 Å². The molecule has 4 nitrogen and oxygen atoms in total. The summed E-state index contributed by atoms with van der Waals surface area (Å²) in [6, 6.07) is 25.2. The molecule has 0 saturated heterocycles. The van der Waals surface area contributed by atoms with Gasteiger partial charge in [-0.15, -0.1) is 0 Å². The molecule has 0 aliphatic rings. The highest BCUT2D eigenvalue weighted by molar-refractivity contribution is 6.30. The predicted octanol–water partition coefficient (Wildman–Crippen LogP) is 6.81. The quantitative estimate of drug-likeness (QED) is 0.286. The lowest BCUT2D eigenvalue weighted by atomic mass is 9.99. The van der Waals surface area contributed by atoms with Crippen molar-refractivity contribution in [3.8, 4) is 0 Å². The second-order valence-corrected chi connectivity index (χ2v) is 10.8. The van der Waals surface area contributed by atoms with Gasteiger partial charge in [0.2, 0.25) is 11.8 Å². The zero-order valence-corrected chi connectivity index (χ0v) is 23.2. The highest BCUT2D eigenvalue weighted by atomic mass is 35.5. The first-order valence-corrected chi connectivity index (χ1v) is 13.5. The van der Waals surface area contributed by atoms with Crippen LogP contribution in [0.4, 0.5) is 0 Å². The van der Waals surface area contributed by atoms with Crippen LogP contribution < -0.4 is 5.32 Å². The van der Waals surface area contributed by atoms with Gasteiger partial charge >= 0.3 is 0 Å². The van der Waals surface area contributed by atoms with E-state index in [-0.39, 0.29) is 11.8 Å². The van der Waals surface area contributed by atoms with Crippen LogP contribution in [0, 0.1) is 5.92 Å². The standard InChI is InChI=1S/C32H39ClN2O2/c1-23(2)21-34-32(37)30(20-26-8-6-5-7-9-26)35(22-27-12-17-29(33)18-13-27)31(36)19-14-25-10-15-28(16-11-25)24(3)4/h5-13,15-18,23-24,30H,14,19-22H2,1-4H3,(H,34,37)/t30-/m1/s1. The first-order chi connectivity index (χ1) is 17.7. The van der Waals surface area contributed by atoms with E-state index >= 15 is 0 Å². The van der Waals surface area contributed by atoms with Crippen molar-refractivity contribution in [3.05, 3.63) is 106 Å². The third-order valence-corrected chi connectivity index (χ3v) is 6.75. The number of nitrogens with zero attached hydrogens (tertiary/aromatic N) is 1. The van der Waals surface area contributed by atoms with Crippen LogP contribution in [0.3, 0.4) is 0 Å². The molecule has 0 unspecified atom stereocenters. The summed E-state index contributed by atoms with van der Waals surface area (Å²) in [5.41, 5.74) is 4.36. The molecule has 3 rings (SSSR count). The fraction of sp³-hybridized carbons (Fsp3) is 0.375. The molecule has 37 heavy (non-hydrogen) atoms. The van der Waals surface area contributed by atoms with Gasteiger partial charge in [0.15, 0.2) is 0 Å². The summed E-state index contributed by atoms with van der Waals surface area (Å²) < 4.78 is 0. The second-order valence-electron chi connectivity index (χ2n) is 10.4. The molecule has 3 aromatic carbocycles. The molecule has 0 aliphatic heterocycles. The van der Waals surface area contributed by atoms with Gasteiger partial charge in [0.05, 0.1) is 0 Å². The molecule has 5 heteroatoms. The molecule has 0 fully saturated rings. The van der Waals surface area contributed by atoms with Gasteiger partial charge in [-0.3, -0.25) is 9.59 Å². The third kappa shape index (κ3) is 9.05. The SMILES string of the molecule is CC(C)CNC(=O)[C@@H](Cc1ccccc1)N(Cc1ccc(Cl)cc1)C(=O)CCc1ccc(C(C)C)cc1. The van der Waals surface area contributed by atoms with Gasteiger partial charge in [-0.1, -0.05) is 106 Å². The first kappa shape index (κ1) is 28.5. The fourth-order valence-electron chi connectivity index (χ4n) is 4.23. The number of aryl methyl sites for hydroxylation is 1. The molecule has 0 bridgehead atoms. The van der Waals surface area contributed by atoms with E-state index < -0.39 is 6.04 Å². The number of halogens is 1. The molecule has 0 aromatic heterocycles. The van der Waals surface area contributed by atoms with Gasteiger partial charge in [-0.2, -0.15) is 0 Å². The van der Waals surface area contributed by atoms with Crippen molar-refractivity contribution in [1.29, 1.82) is 0 Å². The summed E-state index contributed by atoms with van der Waals surface area (Å²) in [6.45, 7) is 9.38. The summed E-state index contributed by atoms with van der Waals surface area (Å²) >= 11 is 6.11. The molecule has 2 amide bonds. The smallest absolute Gasteiger partial charge is 0.243 e. The average Bonchev–Trinajstić information content (AvgIpc) is 2.89. The average molecular weight is 519 g/mol. The Morgan fingerprint density at radius 1 is 0.811 bits per heavy atom. The van der Waals surface area contributed by atoms with E-state index in [2.05, 4.69) is 57.3 Å². The molecule has 1 atom stereocenters. The van der Waals surface area contributed by atoms with Gasteiger partial charge in [0.25, 0.3) is 0 Å². The van der Waals surface area contributed by atoms with E-state index in [1.165, 1.54) is 5.56 Å². The molecule has 0 aliphatic carbocycles. The van der Waals surface area contributed by atoms with Gasteiger partial charge < -0.3 is 10.2 Å². The highest BCUT2D eigenvalue weighted by Gasteiger charge is 2.30. The topological polar surface area (TPSA) is 49.4 Å². The molecule has 1 N–H and O–H groups in total. The zero-order chi connectivity index (χ0) is 26.8. The first-order valence-electron chi connectivity index (χ1n) is 13.2. The van der Waals surface area contributed by atoms with E-state index in [0.717, 1.165) is 16.7 Å². The lowest BCUT2D eigenvalue weighted by Gasteiger charge is -2.32. The highest BCUT2D eigenvalue weighted by Crippen LogP contribution is 2.20. The van der Waals surface area contributed by atoms with Crippen LogP contribution in [-0.4, -0.2) is 29.3 Å². The van der Waals surface area contributed by atoms with Crippen molar-refractivity contribution in [2.75, 3.05) is 6.54 Å². The van der Waals surface area contributed by atoms with Crippen molar-refractivity contribution >= 4 is 23.4 Å². The van der Waals surface area contributed by atoms with E-state index in [4.69, 9.17) is 11.6 Å². The minimum Gasteiger partial charge on any atom is -0.354 e. The molecular weight excluding hydrogens is 480 g/mol. The minimum absolute atomic E-state index is 0.0384. The maximum atomic E-state index is 13.8. The summed E-state index contributed by atoms with van der Waals surface area (Å²) in [5, 5.41) is 3.71. The van der Waals surface area contributed by atoms with E-state index in [9.17, 15) is 9.59 Å². The molecule has 0 spiro atoms. The Morgan fingerprint density at radius 2 is 1.43 bits per heavy atom. The Labute approximate surface area is 227 Å². The Balaban J connectivity index is 1.86. The van der Waals surface area contributed by atoms with Crippen LogP contribution in [-0.2, 0) is 29.0 Å². The van der Waals surface area contributed by atoms with Crippen molar-refractivity contribution in [2.24, 2.45) is 5.92 Å². The molecule has 196 valence electrons. The van der Waals surface area contributed by atoms with Crippen molar-refractivity contribution < 1.29 is 9.59 Å². The van der Waals surface area contributed by atoms with Crippen molar-refractivity contribution in [1.82, 2.24) is 10.2 Å². The predicted molar refractivity (Wildman–Crippen MR) is 153 cm³/mol. The van der Waals surface area contributed by atoms with Gasteiger partial charge in [0.1, 0.15) is 6.04 Å². The molecule has 0 heterocycles. The summed E-state index contributed by atoms with van der Waals surface area (Å²) in [5.74, 6) is 0.619. The number of hydrogen-bond acceptors (Lipinski definition) is 2. The molecular formula is C32H39ClN2O2. The normalized spacial score (nSPS) is 12.0. The third-order valence-electron chi connectivity index (χ3n) is 6.50. The fourth-order valence-corrected chi connectivity index (χ4v) is 4.35. The summed E-state index contributed by atoms with van der Waals surface area (Å²) in [7, 11) is 0. The van der Waals surface area contributed by atoms with E-state index in [0.29, 0.717) is 49.2 Å². The maximum Gasteiger partial charge on any atom is 0.243 e. The minimum atomic E-state index is -0.618. The largest absolute Gasteiger partial charge is 0.354 e. The number of benzene rings is 3. The van der Waals surface area contributed by atoms with Crippen LogP contribution >= 0.6 is 11.6 Å². The number of hydrogen-bond donors (Lipinski definition) is 1. The zero-order valence-electron chi connectivity index (χ0n) is 22.4. The monoisotopic (exact) mass is 518 g/mol. The second kappa shape index (κ2) is 14.0. The van der Waals surface area contributed by atoms with Gasteiger partial charge in [0, 0.05) is 31.0 Å². The molecule has 3 aromatic rings. The Kier molecular flexibility index (Phi) is 10.8. The van der Waals surface area contributed by atoms with Gasteiger partial charge in [-0.05, 0) is 52.6 Å². The van der Waals surface area contributed by atoms with E-state index in [1.54, 1.807) is 4.90 Å². The van der Waals surface area contributed by atoms with Crippen LogP contribution in [0.2, 0.25) is 5.02 Å². The molecule has 0 saturated carbocycles. The summed E-state index contributed by atoms with van der Waals surface area (Å²) in [4.78, 5) is 29.0. The number of carbonyl (C=O) groups excluding carboxylic acids is 2. The number of carbonyl (C=O) groups is 2. The number of amides is 2. The Morgan fingerprint density at radius 3 is 2.03 bits per heavy atom. The summed E-state index contributed by atoms with van der Waals surface area (Å²) in [6.07, 6.45) is 1.41. The molecule has 0 radical (unpaired) electrons. The lowest BCUT2D eigenvalue weighted by molar-refractivity contribution is -0.141. The maximum absolute atomic E-state index is 13.8. The number of rotatable bonds is 12. The van der Waals surface area contributed by atoms with Crippen LogP contribution in [0.25, 0.3) is 0 Å². The van der Waals surface area contributed by atoms with Crippen LogP contribution in [0.1, 0.15) is 62.3 Å². The van der Waals surface area contributed by atoms with Gasteiger partial charge in [-0.25, -0.2) is 0 Å². The van der Waals surface area contributed by atoms with Crippen LogP contribution in [0.15, 0.2) is 78.9 Å². The van der Waals surface area contributed by atoms with Crippen molar-refractivity contribution in [2.45, 2.75) is 65.5 Å². The Hall–Kier alpha value is -3.11. The lowest BCUT2D eigenvalue weighted by Crippen LogP contribution is -2.51.